The SMILES string of the molecule is NCc1cnoc1CC1CCCCC1. The highest BCUT2D eigenvalue weighted by Crippen LogP contribution is 2.27. The molecule has 1 aliphatic rings. The molecular weight excluding hydrogens is 176 g/mol. The van der Waals surface area contributed by atoms with Gasteiger partial charge in [-0.25, -0.2) is 0 Å². The van der Waals surface area contributed by atoms with E-state index in [0.717, 1.165) is 23.7 Å². The number of rotatable bonds is 3. The van der Waals surface area contributed by atoms with Crippen LogP contribution >= 0.6 is 0 Å². The molecule has 0 aliphatic heterocycles. The van der Waals surface area contributed by atoms with E-state index in [9.17, 15) is 0 Å². The second-order valence-corrected chi connectivity index (χ2v) is 4.19. The van der Waals surface area contributed by atoms with Crippen molar-refractivity contribution in [2.45, 2.75) is 45.1 Å². The highest BCUT2D eigenvalue weighted by atomic mass is 16.5. The van der Waals surface area contributed by atoms with Crippen LogP contribution in [0.15, 0.2) is 10.7 Å². The number of hydrogen-bond donors (Lipinski definition) is 1. The maximum absolute atomic E-state index is 5.60. The fourth-order valence-electron chi connectivity index (χ4n) is 2.27. The first kappa shape index (κ1) is 9.71. The van der Waals surface area contributed by atoms with Gasteiger partial charge in [0.25, 0.3) is 0 Å². The fourth-order valence-corrected chi connectivity index (χ4v) is 2.27. The van der Waals surface area contributed by atoms with Gasteiger partial charge in [-0.2, -0.15) is 0 Å². The molecular formula is C11H18N2O. The molecule has 2 N–H and O–H groups in total. The Balaban J connectivity index is 1.95. The quantitative estimate of drug-likeness (QED) is 0.803. The van der Waals surface area contributed by atoms with Gasteiger partial charge in [0.15, 0.2) is 0 Å². The van der Waals surface area contributed by atoms with Gasteiger partial charge in [-0.1, -0.05) is 37.3 Å². The van der Waals surface area contributed by atoms with E-state index in [4.69, 9.17) is 10.3 Å². The Kier molecular flexibility index (Phi) is 3.19. The molecule has 78 valence electrons. The van der Waals surface area contributed by atoms with E-state index in [0.29, 0.717) is 6.54 Å². The van der Waals surface area contributed by atoms with Crippen molar-refractivity contribution in [3.8, 4) is 0 Å². The van der Waals surface area contributed by atoms with Gasteiger partial charge in [0, 0.05) is 18.5 Å². The van der Waals surface area contributed by atoms with Gasteiger partial charge in [-0.05, 0) is 5.92 Å². The van der Waals surface area contributed by atoms with E-state index in [-0.39, 0.29) is 0 Å². The summed E-state index contributed by atoms with van der Waals surface area (Å²) in [4.78, 5) is 0. The van der Waals surface area contributed by atoms with Crippen molar-refractivity contribution in [2.24, 2.45) is 11.7 Å². The minimum absolute atomic E-state index is 0.547. The first-order chi connectivity index (χ1) is 6.90. The standard InChI is InChI=1S/C11H18N2O/c12-7-10-8-13-14-11(10)6-9-4-2-1-3-5-9/h8-9H,1-7,12H2. The van der Waals surface area contributed by atoms with Gasteiger partial charge in [-0.15, -0.1) is 0 Å². The highest BCUT2D eigenvalue weighted by molar-refractivity contribution is 5.13. The Hall–Kier alpha value is -0.830. The molecule has 0 atom stereocenters. The number of hydrogen-bond acceptors (Lipinski definition) is 3. The molecule has 0 radical (unpaired) electrons. The Labute approximate surface area is 84.7 Å². The number of aromatic nitrogens is 1. The molecule has 3 nitrogen and oxygen atoms in total. The van der Waals surface area contributed by atoms with Crippen molar-refractivity contribution in [1.82, 2.24) is 5.16 Å². The normalized spacial score (nSPS) is 18.6. The zero-order chi connectivity index (χ0) is 9.80. The van der Waals surface area contributed by atoms with Crippen LogP contribution in [-0.2, 0) is 13.0 Å². The maximum atomic E-state index is 5.60. The molecule has 1 heterocycles. The lowest BCUT2D eigenvalue weighted by atomic mass is 9.86. The third-order valence-corrected chi connectivity index (χ3v) is 3.15. The van der Waals surface area contributed by atoms with Crippen LogP contribution in [0.25, 0.3) is 0 Å². The molecule has 1 aromatic heterocycles. The molecule has 0 spiro atoms. The Morgan fingerprint density at radius 1 is 1.36 bits per heavy atom. The topological polar surface area (TPSA) is 52.0 Å². The minimum atomic E-state index is 0.547. The number of nitrogens with two attached hydrogens (primary N) is 1. The predicted octanol–water partition coefficient (Wildman–Crippen LogP) is 2.26. The molecule has 3 heteroatoms. The first-order valence-corrected chi connectivity index (χ1v) is 5.52. The molecule has 1 aromatic rings. The Morgan fingerprint density at radius 3 is 2.86 bits per heavy atom. The lowest BCUT2D eigenvalue weighted by Crippen LogP contribution is -2.10. The van der Waals surface area contributed by atoms with Crippen LogP contribution in [0.4, 0.5) is 0 Å². The second kappa shape index (κ2) is 4.60. The van der Waals surface area contributed by atoms with E-state index < -0.39 is 0 Å². The molecule has 1 aliphatic carbocycles. The largest absolute Gasteiger partial charge is 0.361 e. The zero-order valence-electron chi connectivity index (χ0n) is 8.54. The molecule has 0 bridgehead atoms. The summed E-state index contributed by atoms with van der Waals surface area (Å²) in [7, 11) is 0. The van der Waals surface area contributed by atoms with Crippen LogP contribution in [0.2, 0.25) is 0 Å². The average molecular weight is 194 g/mol. The zero-order valence-corrected chi connectivity index (χ0v) is 8.54. The first-order valence-electron chi connectivity index (χ1n) is 5.52. The van der Waals surface area contributed by atoms with Crippen molar-refractivity contribution < 1.29 is 4.52 Å². The molecule has 0 unspecified atom stereocenters. The van der Waals surface area contributed by atoms with Crippen molar-refractivity contribution in [2.75, 3.05) is 0 Å². The third-order valence-electron chi connectivity index (χ3n) is 3.15. The van der Waals surface area contributed by atoms with Gasteiger partial charge in [-0.3, -0.25) is 0 Å². The van der Waals surface area contributed by atoms with E-state index in [1.54, 1.807) is 6.20 Å². The Bertz CT molecular complexity index is 277. The van der Waals surface area contributed by atoms with E-state index in [1.807, 2.05) is 0 Å². The van der Waals surface area contributed by atoms with Crippen LogP contribution in [0, 0.1) is 5.92 Å². The molecule has 1 saturated carbocycles. The van der Waals surface area contributed by atoms with Crippen molar-refractivity contribution in [3.63, 3.8) is 0 Å². The predicted molar refractivity (Wildman–Crippen MR) is 54.7 cm³/mol. The molecule has 1 fully saturated rings. The van der Waals surface area contributed by atoms with Crippen molar-refractivity contribution >= 4 is 0 Å². The summed E-state index contributed by atoms with van der Waals surface area (Å²) in [5.74, 6) is 1.81. The summed E-state index contributed by atoms with van der Waals surface area (Å²) in [6, 6.07) is 0. The fraction of sp³-hybridized carbons (Fsp3) is 0.727. The summed E-state index contributed by atoms with van der Waals surface area (Å²) in [6.45, 7) is 0.547. The van der Waals surface area contributed by atoms with Crippen LogP contribution in [0.3, 0.4) is 0 Å². The van der Waals surface area contributed by atoms with Crippen LogP contribution in [0.1, 0.15) is 43.4 Å². The number of nitrogens with zero attached hydrogens (tertiary/aromatic N) is 1. The monoisotopic (exact) mass is 194 g/mol. The summed E-state index contributed by atoms with van der Waals surface area (Å²) >= 11 is 0. The van der Waals surface area contributed by atoms with Crippen LogP contribution in [0.5, 0.6) is 0 Å². The minimum Gasteiger partial charge on any atom is -0.361 e. The second-order valence-electron chi connectivity index (χ2n) is 4.19. The maximum Gasteiger partial charge on any atom is 0.141 e. The smallest absolute Gasteiger partial charge is 0.141 e. The van der Waals surface area contributed by atoms with E-state index in [1.165, 1.54) is 32.1 Å². The highest BCUT2D eigenvalue weighted by Gasteiger charge is 2.17. The van der Waals surface area contributed by atoms with E-state index in [2.05, 4.69) is 5.16 Å². The summed E-state index contributed by atoms with van der Waals surface area (Å²) in [5, 5.41) is 3.80. The lowest BCUT2D eigenvalue weighted by molar-refractivity contribution is 0.308. The molecule has 2 rings (SSSR count). The van der Waals surface area contributed by atoms with Crippen molar-refractivity contribution in [3.05, 3.63) is 17.5 Å². The molecule has 0 aromatic carbocycles. The van der Waals surface area contributed by atoms with Gasteiger partial charge < -0.3 is 10.3 Å². The van der Waals surface area contributed by atoms with Crippen LogP contribution < -0.4 is 5.73 Å². The van der Waals surface area contributed by atoms with Crippen molar-refractivity contribution in [1.29, 1.82) is 0 Å². The average Bonchev–Trinajstić information content (AvgIpc) is 2.67. The molecule has 0 amide bonds. The summed E-state index contributed by atoms with van der Waals surface area (Å²) < 4.78 is 5.23. The van der Waals surface area contributed by atoms with Crippen LogP contribution in [-0.4, -0.2) is 5.16 Å². The third kappa shape index (κ3) is 2.15. The van der Waals surface area contributed by atoms with Gasteiger partial charge in [0.1, 0.15) is 5.76 Å². The van der Waals surface area contributed by atoms with Gasteiger partial charge >= 0.3 is 0 Å². The molecule has 14 heavy (non-hydrogen) atoms. The molecule has 0 saturated heterocycles. The summed E-state index contributed by atoms with van der Waals surface area (Å²) in [6.07, 6.45) is 9.60. The van der Waals surface area contributed by atoms with E-state index >= 15 is 0 Å². The Morgan fingerprint density at radius 2 is 2.14 bits per heavy atom. The van der Waals surface area contributed by atoms with Gasteiger partial charge in [0.2, 0.25) is 0 Å². The van der Waals surface area contributed by atoms with Gasteiger partial charge in [0.05, 0.1) is 6.20 Å². The summed E-state index contributed by atoms with van der Waals surface area (Å²) in [5.41, 5.74) is 6.68. The lowest BCUT2D eigenvalue weighted by Gasteiger charge is -2.20.